The minimum absolute atomic E-state index is 0.313. The first-order chi connectivity index (χ1) is 9.11. The molecule has 5 heteroatoms. The van der Waals surface area contributed by atoms with Crippen molar-refractivity contribution in [1.29, 1.82) is 0 Å². The van der Waals surface area contributed by atoms with E-state index in [0.717, 1.165) is 12.0 Å². The molecular formula is C14H16N2O3. The van der Waals surface area contributed by atoms with Gasteiger partial charge >= 0.3 is 6.03 Å². The minimum Gasteiger partial charge on any atom is -0.390 e. The number of aliphatic hydroxyl groups excluding tert-OH is 1. The summed E-state index contributed by atoms with van der Waals surface area (Å²) in [6.07, 6.45) is 0.555. The van der Waals surface area contributed by atoms with Gasteiger partial charge in [-0.1, -0.05) is 18.2 Å². The SMILES string of the molecule is Cc1ccccc1N1C(=O)[C@@H]2[C@H](O)CCCN2C1=O. The molecule has 0 radical (unpaired) electrons. The van der Waals surface area contributed by atoms with E-state index in [1.54, 1.807) is 12.1 Å². The van der Waals surface area contributed by atoms with E-state index in [-0.39, 0.29) is 11.9 Å². The van der Waals surface area contributed by atoms with Crippen LogP contribution in [0.1, 0.15) is 18.4 Å². The molecule has 0 bridgehead atoms. The molecule has 0 aromatic heterocycles. The Morgan fingerprint density at radius 3 is 2.68 bits per heavy atom. The van der Waals surface area contributed by atoms with Crippen LogP contribution < -0.4 is 4.90 Å². The van der Waals surface area contributed by atoms with Gasteiger partial charge in [0, 0.05) is 6.54 Å². The molecule has 2 fully saturated rings. The Morgan fingerprint density at radius 1 is 1.26 bits per heavy atom. The molecule has 100 valence electrons. The van der Waals surface area contributed by atoms with Gasteiger partial charge in [0.15, 0.2) is 0 Å². The number of urea groups is 1. The van der Waals surface area contributed by atoms with E-state index in [9.17, 15) is 14.7 Å². The average molecular weight is 260 g/mol. The summed E-state index contributed by atoms with van der Waals surface area (Å²) in [4.78, 5) is 27.5. The van der Waals surface area contributed by atoms with Gasteiger partial charge < -0.3 is 10.0 Å². The lowest BCUT2D eigenvalue weighted by molar-refractivity contribution is -0.124. The molecular weight excluding hydrogens is 244 g/mol. The first-order valence-electron chi connectivity index (χ1n) is 6.49. The van der Waals surface area contributed by atoms with E-state index in [2.05, 4.69) is 0 Å². The van der Waals surface area contributed by atoms with Crippen LogP contribution in [0, 0.1) is 6.92 Å². The van der Waals surface area contributed by atoms with Crippen molar-refractivity contribution in [3.05, 3.63) is 29.8 Å². The zero-order valence-electron chi connectivity index (χ0n) is 10.7. The lowest BCUT2D eigenvalue weighted by Crippen LogP contribution is -2.48. The molecule has 1 N–H and O–H groups in total. The highest BCUT2D eigenvalue weighted by Gasteiger charge is 2.50. The van der Waals surface area contributed by atoms with Gasteiger partial charge in [0.2, 0.25) is 0 Å². The van der Waals surface area contributed by atoms with Crippen molar-refractivity contribution in [3.63, 3.8) is 0 Å². The van der Waals surface area contributed by atoms with Crippen molar-refractivity contribution in [2.75, 3.05) is 11.4 Å². The van der Waals surface area contributed by atoms with Gasteiger partial charge in [-0.25, -0.2) is 9.69 Å². The van der Waals surface area contributed by atoms with Crippen LogP contribution in [-0.2, 0) is 4.79 Å². The van der Waals surface area contributed by atoms with Crippen molar-refractivity contribution in [1.82, 2.24) is 4.90 Å². The zero-order valence-corrected chi connectivity index (χ0v) is 10.7. The molecule has 2 aliphatic heterocycles. The van der Waals surface area contributed by atoms with Crippen LogP contribution in [-0.4, -0.2) is 40.6 Å². The second kappa shape index (κ2) is 4.35. The van der Waals surface area contributed by atoms with E-state index >= 15 is 0 Å². The van der Waals surface area contributed by atoms with E-state index in [4.69, 9.17) is 0 Å². The Labute approximate surface area is 111 Å². The standard InChI is InChI=1S/C14H16N2O3/c1-9-5-2-3-6-10(9)16-13(18)12-11(17)7-4-8-15(12)14(16)19/h2-3,5-6,11-12,17H,4,7-8H2,1H3/t11-,12+/m1/s1. The molecule has 0 saturated carbocycles. The van der Waals surface area contributed by atoms with Crippen LogP contribution >= 0.6 is 0 Å². The number of amides is 3. The van der Waals surface area contributed by atoms with Crippen molar-refractivity contribution in [2.24, 2.45) is 0 Å². The van der Waals surface area contributed by atoms with Crippen LogP contribution in [0.25, 0.3) is 0 Å². The molecule has 1 aromatic carbocycles. The number of fused-ring (bicyclic) bond motifs is 1. The van der Waals surface area contributed by atoms with Gasteiger partial charge in [-0.3, -0.25) is 4.79 Å². The second-order valence-electron chi connectivity index (χ2n) is 5.09. The molecule has 0 spiro atoms. The summed E-state index contributed by atoms with van der Waals surface area (Å²) in [5, 5.41) is 9.96. The van der Waals surface area contributed by atoms with E-state index in [0.29, 0.717) is 18.7 Å². The third-order valence-corrected chi connectivity index (χ3v) is 3.87. The number of aliphatic hydroxyl groups is 1. The minimum atomic E-state index is -0.751. The first kappa shape index (κ1) is 12.2. The Balaban J connectivity index is 2.02. The first-order valence-corrected chi connectivity index (χ1v) is 6.49. The van der Waals surface area contributed by atoms with Crippen LogP contribution in [0.4, 0.5) is 10.5 Å². The highest BCUT2D eigenvalue weighted by Crippen LogP contribution is 2.32. The summed E-state index contributed by atoms with van der Waals surface area (Å²) in [7, 11) is 0. The summed E-state index contributed by atoms with van der Waals surface area (Å²) in [6, 6.07) is 6.27. The topological polar surface area (TPSA) is 60.9 Å². The van der Waals surface area contributed by atoms with Crippen molar-refractivity contribution in [3.8, 4) is 0 Å². The lowest BCUT2D eigenvalue weighted by Gasteiger charge is -2.30. The molecule has 2 heterocycles. The second-order valence-corrected chi connectivity index (χ2v) is 5.09. The molecule has 0 unspecified atom stereocenters. The van der Waals surface area contributed by atoms with Crippen LogP contribution in [0.3, 0.4) is 0 Å². The smallest absolute Gasteiger partial charge is 0.332 e. The number of hydrogen-bond donors (Lipinski definition) is 1. The molecule has 5 nitrogen and oxygen atoms in total. The third kappa shape index (κ3) is 1.73. The summed E-state index contributed by atoms with van der Waals surface area (Å²) < 4.78 is 0. The number of aryl methyl sites for hydroxylation is 1. The number of benzene rings is 1. The van der Waals surface area contributed by atoms with Crippen LogP contribution in [0.2, 0.25) is 0 Å². The average Bonchev–Trinajstić information content (AvgIpc) is 2.64. The lowest BCUT2D eigenvalue weighted by atomic mass is 10.00. The fourth-order valence-corrected chi connectivity index (χ4v) is 2.88. The number of rotatable bonds is 1. The van der Waals surface area contributed by atoms with Crippen molar-refractivity contribution < 1.29 is 14.7 Å². The molecule has 2 saturated heterocycles. The summed E-state index contributed by atoms with van der Waals surface area (Å²) in [6.45, 7) is 2.40. The maximum atomic E-state index is 12.4. The van der Waals surface area contributed by atoms with Crippen LogP contribution in [0.5, 0.6) is 0 Å². The molecule has 2 aliphatic rings. The van der Waals surface area contributed by atoms with Gasteiger partial charge in [-0.2, -0.15) is 0 Å². The number of piperidine rings is 1. The maximum absolute atomic E-state index is 12.4. The van der Waals surface area contributed by atoms with Gasteiger partial charge in [-0.05, 0) is 31.4 Å². The highest BCUT2D eigenvalue weighted by molar-refractivity contribution is 6.22. The predicted octanol–water partition coefficient (Wildman–Crippen LogP) is 1.29. The van der Waals surface area contributed by atoms with Gasteiger partial charge in [-0.15, -0.1) is 0 Å². The van der Waals surface area contributed by atoms with Crippen molar-refractivity contribution >= 4 is 17.6 Å². The fraction of sp³-hybridized carbons (Fsp3) is 0.429. The van der Waals surface area contributed by atoms with E-state index < -0.39 is 12.1 Å². The van der Waals surface area contributed by atoms with Gasteiger partial charge in [0.05, 0.1) is 11.8 Å². The highest BCUT2D eigenvalue weighted by atomic mass is 16.3. The van der Waals surface area contributed by atoms with Gasteiger partial charge in [0.25, 0.3) is 5.91 Å². The number of carbonyl (C=O) groups is 2. The molecule has 1 aromatic rings. The zero-order chi connectivity index (χ0) is 13.6. The Morgan fingerprint density at radius 2 is 2.00 bits per heavy atom. The number of nitrogens with zero attached hydrogens (tertiary/aromatic N) is 2. The van der Waals surface area contributed by atoms with E-state index in [1.165, 1.54) is 9.80 Å². The molecule has 2 atom stereocenters. The molecule has 3 rings (SSSR count). The monoisotopic (exact) mass is 260 g/mol. The normalized spacial score (nSPS) is 26.8. The summed E-state index contributed by atoms with van der Waals surface area (Å²) in [5.41, 5.74) is 1.48. The molecule has 0 aliphatic carbocycles. The molecule has 19 heavy (non-hydrogen) atoms. The summed E-state index contributed by atoms with van der Waals surface area (Å²) >= 11 is 0. The van der Waals surface area contributed by atoms with Crippen molar-refractivity contribution in [2.45, 2.75) is 31.9 Å². The Hall–Kier alpha value is -1.88. The summed E-state index contributed by atoms with van der Waals surface area (Å²) in [5.74, 6) is -0.313. The quantitative estimate of drug-likeness (QED) is 0.774. The number of para-hydroxylation sites is 1. The number of hydrogen-bond acceptors (Lipinski definition) is 3. The third-order valence-electron chi connectivity index (χ3n) is 3.87. The number of anilines is 1. The Bertz CT molecular complexity index is 543. The number of imide groups is 1. The van der Waals surface area contributed by atoms with Gasteiger partial charge in [0.1, 0.15) is 6.04 Å². The fourth-order valence-electron chi connectivity index (χ4n) is 2.88. The maximum Gasteiger partial charge on any atom is 0.332 e. The van der Waals surface area contributed by atoms with Crippen LogP contribution in [0.15, 0.2) is 24.3 Å². The largest absolute Gasteiger partial charge is 0.390 e. The Kier molecular flexibility index (Phi) is 2.78. The molecule has 3 amide bonds. The van der Waals surface area contributed by atoms with E-state index in [1.807, 2.05) is 19.1 Å². The predicted molar refractivity (Wildman–Crippen MR) is 69.8 cm³/mol. The number of carbonyl (C=O) groups excluding carboxylic acids is 2.